The Morgan fingerprint density at radius 1 is 1.38 bits per heavy atom. The van der Waals surface area contributed by atoms with Crippen molar-refractivity contribution in [2.45, 2.75) is 20.5 Å². The number of aliphatic hydroxyl groups excluding tert-OH is 1. The van der Waals surface area contributed by atoms with Gasteiger partial charge in [-0.25, -0.2) is 0 Å². The topological polar surface area (TPSA) is 49.7 Å². The normalized spacial score (nSPS) is 10.2. The summed E-state index contributed by atoms with van der Waals surface area (Å²) >= 11 is 0. The quantitative estimate of drug-likeness (QED) is 0.728. The molecule has 0 spiro atoms. The average molecular weight is 182 g/mol. The fourth-order valence-corrected chi connectivity index (χ4v) is 1.47. The van der Waals surface area contributed by atoms with Crippen molar-refractivity contribution < 1.29 is 14.9 Å². The molecule has 0 aliphatic carbocycles. The third-order valence-corrected chi connectivity index (χ3v) is 2.12. The molecule has 0 saturated heterocycles. The van der Waals surface area contributed by atoms with Crippen molar-refractivity contribution in [1.82, 2.24) is 0 Å². The molecule has 0 radical (unpaired) electrons. The zero-order chi connectivity index (χ0) is 10.0. The predicted molar refractivity (Wildman–Crippen MR) is 50.1 cm³/mol. The number of aromatic hydroxyl groups is 1. The Morgan fingerprint density at radius 2 is 2.00 bits per heavy atom. The summed E-state index contributed by atoms with van der Waals surface area (Å²) in [6, 6.07) is 1.72. The minimum absolute atomic E-state index is 0.116. The lowest BCUT2D eigenvalue weighted by atomic mass is 10.0. The molecule has 3 heteroatoms. The van der Waals surface area contributed by atoms with Crippen molar-refractivity contribution >= 4 is 0 Å². The third-order valence-electron chi connectivity index (χ3n) is 2.12. The molecule has 0 aromatic heterocycles. The van der Waals surface area contributed by atoms with Gasteiger partial charge in [0.2, 0.25) is 0 Å². The van der Waals surface area contributed by atoms with E-state index in [1.54, 1.807) is 20.1 Å². The van der Waals surface area contributed by atoms with Crippen LogP contribution in [0.4, 0.5) is 0 Å². The molecular weight excluding hydrogens is 168 g/mol. The van der Waals surface area contributed by atoms with Gasteiger partial charge < -0.3 is 14.9 Å². The highest BCUT2D eigenvalue weighted by molar-refractivity contribution is 5.52. The van der Waals surface area contributed by atoms with Gasteiger partial charge in [0, 0.05) is 11.1 Å². The van der Waals surface area contributed by atoms with E-state index < -0.39 is 0 Å². The maximum atomic E-state index is 9.59. The lowest BCUT2D eigenvalue weighted by Crippen LogP contribution is -1.95. The standard InChI is InChI=1S/C10H14O3/c1-6-4-8(5-11)9(12)7(2)10(6)13-3/h4,11-12H,5H2,1-3H3. The second-order valence-electron chi connectivity index (χ2n) is 3.02. The van der Waals surface area contributed by atoms with Gasteiger partial charge in [-0.15, -0.1) is 0 Å². The highest BCUT2D eigenvalue weighted by atomic mass is 16.5. The molecule has 0 aliphatic heterocycles. The van der Waals surface area contributed by atoms with E-state index in [2.05, 4.69) is 0 Å². The number of aryl methyl sites for hydroxylation is 1. The van der Waals surface area contributed by atoms with Crippen LogP contribution < -0.4 is 4.74 Å². The van der Waals surface area contributed by atoms with E-state index in [0.717, 1.165) is 5.56 Å². The maximum Gasteiger partial charge on any atom is 0.128 e. The van der Waals surface area contributed by atoms with Crippen LogP contribution in [0.3, 0.4) is 0 Å². The zero-order valence-electron chi connectivity index (χ0n) is 8.09. The van der Waals surface area contributed by atoms with Crippen molar-refractivity contribution in [1.29, 1.82) is 0 Å². The molecular formula is C10H14O3. The molecule has 0 fully saturated rings. The molecule has 3 nitrogen and oxygen atoms in total. The Balaban J connectivity index is 3.37. The Bertz CT molecular complexity index is 318. The Hall–Kier alpha value is -1.22. The van der Waals surface area contributed by atoms with Crippen molar-refractivity contribution in [3.8, 4) is 11.5 Å². The fourth-order valence-electron chi connectivity index (χ4n) is 1.47. The van der Waals surface area contributed by atoms with E-state index in [1.165, 1.54) is 0 Å². The molecule has 0 saturated carbocycles. The number of ether oxygens (including phenoxy) is 1. The fraction of sp³-hybridized carbons (Fsp3) is 0.400. The van der Waals surface area contributed by atoms with Crippen LogP contribution in [0.2, 0.25) is 0 Å². The first-order valence-electron chi connectivity index (χ1n) is 4.08. The number of benzene rings is 1. The van der Waals surface area contributed by atoms with Gasteiger partial charge in [-0.2, -0.15) is 0 Å². The molecule has 0 atom stereocenters. The Kier molecular flexibility index (Phi) is 2.78. The minimum Gasteiger partial charge on any atom is -0.507 e. The first-order chi connectivity index (χ1) is 6.11. The number of hydrogen-bond donors (Lipinski definition) is 2. The SMILES string of the molecule is COc1c(C)cc(CO)c(O)c1C. The van der Waals surface area contributed by atoms with E-state index in [0.29, 0.717) is 16.9 Å². The zero-order valence-corrected chi connectivity index (χ0v) is 8.09. The molecule has 0 unspecified atom stereocenters. The lowest BCUT2D eigenvalue weighted by Gasteiger charge is -2.12. The van der Waals surface area contributed by atoms with Crippen LogP contribution in [0.15, 0.2) is 6.07 Å². The number of rotatable bonds is 2. The summed E-state index contributed by atoms with van der Waals surface area (Å²) in [5.74, 6) is 0.791. The molecule has 0 bridgehead atoms. The van der Waals surface area contributed by atoms with Gasteiger partial charge in [-0.1, -0.05) is 0 Å². The van der Waals surface area contributed by atoms with Gasteiger partial charge in [0.1, 0.15) is 11.5 Å². The second-order valence-corrected chi connectivity index (χ2v) is 3.02. The van der Waals surface area contributed by atoms with Crippen LogP contribution in [0.1, 0.15) is 16.7 Å². The van der Waals surface area contributed by atoms with Crippen molar-refractivity contribution in [3.63, 3.8) is 0 Å². The van der Waals surface area contributed by atoms with Gasteiger partial charge in [0.25, 0.3) is 0 Å². The first kappa shape index (κ1) is 9.86. The van der Waals surface area contributed by atoms with Crippen LogP contribution in [0.25, 0.3) is 0 Å². The largest absolute Gasteiger partial charge is 0.507 e. The Labute approximate surface area is 77.6 Å². The van der Waals surface area contributed by atoms with E-state index in [9.17, 15) is 5.11 Å². The number of methoxy groups -OCH3 is 1. The van der Waals surface area contributed by atoms with Crippen LogP contribution in [0, 0.1) is 13.8 Å². The van der Waals surface area contributed by atoms with Gasteiger partial charge >= 0.3 is 0 Å². The van der Waals surface area contributed by atoms with Crippen LogP contribution in [-0.2, 0) is 6.61 Å². The van der Waals surface area contributed by atoms with E-state index in [-0.39, 0.29) is 12.4 Å². The van der Waals surface area contributed by atoms with Crippen LogP contribution in [0.5, 0.6) is 11.5 Å². The first-order valence-corrected chi connectivity index (χ1v) is 4.08. The summed E-state index contributed by atoms with van der Waals surface area (Å²) in [5, 5.41) is 18.5. The van der Waals surface area contributed by atoms with E-state index in [4.69, 9.17) is 9.84 Å². The van der Waals surface area contributed by atoms with Crippen LogP contribution >= 0.6 is 0 Å². The van der Waals surface area contributed by atoms with Gasteiger partial charge in [-0.3, -0.25) is 0 Å². The van der Waals surface area contributed by atoms with Crippen LogP contribution in [-0.4, -0.2) is 17.3 Å². The summed E-state index contributed by atoms with van der Waals surface area (Å²) in [7, 11) is 1.56. The third kappa shape index (κ3) is 1.60. The highest BCUT2D eigenvalue weighted by Gasteiger charge is 2.11. The summed E-state index contributed by atoms with van der Waals surface area (Å²) in [4.78, 5) is 0. The second kappa shape index (κ2) is 3.66. The summed E-state index contributed by atoms with van der Waals surface area (Å²) in [6.45, 7) is 3.49. The predicted octanol–water partition coefficient (Wildman–Crippen LogP) is 1.51. The molecule has 1 aromatic rings. The molecule has 0 heterocycles. The molecule has 0 aliphatic rings. The minimum atomic E-state index is -0.155. The monoisotopic (exact) mass is 182 g/mol. The maximum absolute atomic E-state index is 9.59. The van der Waals surface area contributed by atoms with Crippen molar-refractivity contribution in [2.24, 2.45) is 0 Å². The highest BCUT2D eigenvalue weighted by Crippen LogP contribution is 2.33. The smallest absolute Gasteiger partial charge is 0.128 e. The average Bonchev–Trinajstić information content (AvgIpc) is 2.12. The number of aliphatic hydroxyl groups is 1. The molecule has 1 rings (SSSR count). The van der Waals surface area contributed by atoms with E-state index >= 15 is 0 Å². The molecule has 13 heavy (non-hydrogen) atoms. The molecule has 72 valence electrons. The van der Waals surface area contributed by atoms with E-state index in [1.807, 2.05) is 6.92 Å². The lowest BCUT2D eigenvalue weighted by molar-refractivity contribution is 0.274. The van der Waals surface area contributed by atoms with Gasteiger partial charge in [0.05, 0.1) is 13.7 Å². The van der Waals surface area contributed by atoms with Crippen molar-refractivity contribution in [2.75, 3.05) is 7.11 Å². The molecule has 2 N–H and O–H groups in total. The molecule has 0 amide bonds. The number of hydrogen-bond acceptors (Lipinski definition) is 3. The summed E-state index contributed by atoms with van der Waals surface area (Å²) in [6.07, 6.45) is 0. The molecule has 1 aromatic carbocycles. The van der Waals surface area contributed by atoms with Crippen molar-refractivity contribution in [3.05, 3.63) is 22.8 Å². The van der Waals surface area contributed by atoms with Gasteiger partial charge in [-0.05, 0) is 25.5 Å². The number of phenols is 1. The Morgan fingerprint density at radius 3 is 2.46 bits per heavy atom. The van der Waals surface area contributed by atoms with Gasteiger partial charge in [0.15, 0.2) is 0 Å². The summed E-state index contributed by atoms with van der Waals surface area (Å²) < 4.78 is 5.11. The summed E-state index contributed by atoms with van der Waals surface area (Å²) in [5.41, 5.74) is 2.13.